The van der Waals surface area contributed by atoms with Crippen LogP contribution < -0.4 is 5.32 Å². The third kappa shape index (κ3) is 3.29. The second-order valence-corrected chi connectivity index (χ2v) is 4.42. The van der Waals surface area contributed by atoms with E-state index in [2.05, 4.69) is 59.0 Å². The Morgan fingerprint density at radius 2 is 2.22 bits per heavy atom. The molecule has 0 unspecified atom stereocenters. The number of unbranched alkanes of at least 4 members (excludes halogenated alkanes) is 1. The van der Waals surface area contributed by atoms with Gasteiger partial charge in [0.05, 0.1) is 0 Å². The van der Waals surface area contributed by atoms with E-state index in [4.69, 9.17) is 0 Å². The van der Waals surface area contributed by atoms with Crippen molar-refractivity contribution in [2.24, 2.45) is 0 Å². The van der Waals surface area contributed by atoms with Gasteiger partial charge in [0.15, 0.2) is 0 Å². The van der Waals surface area contributed by atoms with Crippen LogP contribution in [0.3, 0.4) is 0 Å². The minimum Gasteiger partial charge on any atom is -0.349 e. The summed E-state index contributed by atoms with van der Waals surface area (Å²) in [6, 6.07) is 8.41. The molecule has 0 radical (unpaired) electrons. The number of hydrogen-bond donors (Lipinski definition) is 1. The summed E-state index contributed by atoms with van der Waals surface area (Å²) in [7, 11) is 0. The standard InChI is InChI=1S/C13H19N5/c1-3-4-8-18-13(15-16-17-18)14-10-12-7-5-6-11(2)9-12/h5-7,9H,3-4,8,10H2,1-2H3,(H,14,15,17). The molecule has 0 amide bonds. The molecule has 18 heavy (non-hydrogen) atoms. The van der Waals surface area contributed by atoms with Crippen molar-refractivity contribution in [1.82, 2.24) is 20.2 Å². The molecule has 0 saturated heterocycles. The van der Waals surface area contributed by atoms with Gasteiger partial charge in [-0.3, -0.25) is 0 Å². The lowest BCUT2D eigenvalue weighted by atomic mass is 10.1. The molecule has 0 saturated carbocycles. The Kier molecular flexibility index (Phi) is 4.28. The van der Waals surface area contributed by atoms with Gasteiger partial charge >= 0.3 is 0 Å². The number of aryl methyl sites for hydroxylation is 2. The van der Waals surface area contributed by atoms with Crippen LogP contribution in [-0.2, 0) is 13.1 Å². The molecule has 1 aromatic heterocycles. The molecule has 0 fully saturated rings. The van der Waals surface area contributed by atoms with Gasteiger partial charge in [0, 0.05) is 13.1 Å². The lowest BCUT2D eigenvalue weighted by molar-refractivity contribution is 0.556. The first kappa shape index (κ1) is 12.5. The van der Waals surface area contributed by atoms with E-state index in [1.54, 1.807) is 0 Å². The molecule has 2 rings (SSSR count). The number of benzene rings is 1. The molecule has 5 heteroatoms. The van der Waals surface area contributed by atoms with E-state index in [1.165, 1.54) is 11.1 Å². The first-order valence-electron chi connectivity index (χ1n) is 6.35. The fraction of sp³-hybridized carbons (Fsp3) is 0.462. The predicted octanol–water partition coefficient (Wildman–Crippen LogP) is 2.39. The first-order chi connectivity index (χ1) is 8.79. The maximum atomic E-state index is 4.00. The highest BCUT2D eigenvalue weighted by Gasteiger charge is 2.04. The van der Waals surface area contributed by atoms with E-state index in [0.717, 1.165) is 31.9 Å². The normalized spacial score (nSPS) is 10.6. The smallest absolute Gasteiger partial charge is 0.243 e. The van der Waals surface area contributed by atoms with Gasteiger partial charge in [0.2, 0.25) is 5.95 Å². The van der Waals surface area contributed by atoms with Crippen molar-refractivity contribution in [3.8, 4) is 0 Å². The Hall–Kier alpha value is -1.91. The number of anilines is 1. The third-order valence-electron chi connectivity index (χ3n) is 2.79. The van der Waals surface area contributed by atoms with Crippen LogP contribution in [0.5, 0.6) is 0 Å². The zero-order valence-corrected chi connectivity index (χ0v) is 10.9. The number of nitrogens with one attached hydrogen (secondary N) is 1. The molecule has 2 aromatic rings. The molecule has 0 spiro atoms. The summed E-state index contributed by atoms with van der Waals surface area (Å²) in [4.78, 5) is 0. The van der Waals surface area contributed by atoms with Crippen LogP contribution in [0.1, 0.15) is 30.9 Å². The Bertz CT molecular complexity index is 492. The van der Waals surface area contributed by atoms with Crippen molar-refractivity contribution in [1.29, 1.82) is 0 Å². The van der Waals surface area contributed by atoms with E-state index in [9.17, 15) is 0 Å². The second kappa shape index (κ2) is 6.14. The Balaban J connectivity index is 1.95. The highest BCUT2D eigenvalue weighted by Crippen LogP contribution is 2.08. The predicted molar refractivity (Wildman–Crippen MR) is 71.2 cm³/mol. The molecule has 1 N–H and O–H groups in total. The highest BCUT2D eigenvalue weighted by atomic mass is 15.6. The summed E-state index contributed by atoms with van der Waals surface area (Å²) < 4.78 is 1.82. The van der Waals surface area contributed by atoms with Gasteiger partial charge in [-0.25, -0.2) is 4.68 Å². The zero-order chi connectivity index (χ0) is 12.8. The molecule has 0 atom stereocenters. The topological polar surface area (TPSA) is 55.6 Å². The lowest BCUT2D eigenvalue weighted by Gasteiger charge is -2.07. The Morgan fingerprint density at radius 3 is 3.00 bits per heavy atom. The summed E-state index contributed by atoms with van der Waals surface area (Å²) in [5.41, 5.74) is 2.50. The van der Waals surface area contributed by atoms with E-state index in [0.29, 0.717) is 0 Å². The molecule has 1 heterocycles. The minimum absolute atomic E-state index is 0.741. The van der Waals surface area contributed by atoms with Crippen molar-refractivity contribution in [2.75, 3.05) is 5.32 Å². The summed E-state index contributed by atoms with van der Waals surface area (Å²) in [6.07, 6.45) is 2.22. The van der Waals surface area contributed by atoms with E-state index < -0.39 is 0 Å². The molecule has 0 aliphatic carbocycles. The second-order valence-electron chi connectivity index (χ2n) is 4.42. The van der Waals surface area contributed by atoms with Crippen LogP contribution in [0.25, 0.3) is 0 Å². The lowest BCUT2D eigenvalue weighted by Crippen LogP contribution is -2.09. The van der Waals surface area contributed by atoms with Crippen LogP contribution >= 0.6 is 0 Å². The SMILES string of the molecule is CCCCn1nnnc1NCc1cccc(C)c1. The van der Waals surface area contributed by atoms with E-state index in [-0.39, 0.29) is 0 Å². The highest BCUT2D eigenvalue weighted by molar-refractivity contribution is 5.28. The van der Waals surface area contributed by atoms with Gasteiger partial charge in [0.25, 0.3) is 0 Å². The van der Waals surface area contributed by atoms with Crippen molar-refractivity contribution in [3.05, 3.63) is 35.4 Å². The van der Waals surface area contributed by atoms with Gasteiger partial charge in [-0.2, -0.15) is 0 Å². The number of tetrazole rings is 1. The summed E-state index contributed by atoms with van der Waals surface area (Å²) in [5.74, 6) is 0.741. The maximum absolute atomic E-state index is 4.00. The van der Waals surface area contributed by atoms with Crippen molar-refractivity contribution in [2.45, 2.75) is 39.8 Å². The maximum Gasteiger partial charge on any atom is 0.243 e. The van der Waals surface area contributed by atoms with Gasteiger partial charge in [-0.1, -0.05) is 48.3 Å². The van der Waals surface area contributed by atoms with Crippen molar-refractivity contribution >= 4 is 5.95 Å². The van der Waals surface area contributed by atoms with Crippen molar-refractivity contribution < 1.29 is 0 Å². The fourth-order valence-corrected chi connectivity index (χ4v) is 1.79. The molecule has 0 bridgehead atoms. The summed E-state index contributed by atoms with van der Waals surface area (Å²) >= 11 is 0. The Labute approximate surface area is 107 Å². The quantitative estimate of drug-likeness (QED) is 0.849. The molecule has 96 valence electrons. The van der Waals surface area contributed by atoms with Gasteiger partial charge in [-0.05, 0) is 29.3 Å². The fourth-order valence-electron chi connectivity index (χ4n) is 1.79. The van der Waals surface area contributed by atoms with E-state index in [1.807, 2.05) is 4.68 Å². The number of rotatable bonds is 6. The van der Waals surface area contributed by atoms with Crippen LogP contribution in [0.4, 0.5) is 5.95 Å². The van der Waals surface area contributed by atoms with Crippen LogP contribution in [0, 0.1) is 6.92 Å². The summed E-state index contributed by atoms with van der Waals surface area (Å²) in [6.45, 7) is 5.85. The largest absolute Gasteiger partial charge is 0.349 e. The average Bonchev–Trinajstić information content (AvgIpc) is 2.81. The number of aromatic nitrogens is 4. The third-order valence-corrected chi connectivity index (χ3v) is 2.79. The molecular weight excluding hydrogens is 226 g/mol. The summed E-state index contributed by atoms with van der Waals surface area (Å²) in [5, 5.41) is 15.0. The Morgan fingerprint density at radius 1 is 1.33 bits per heavy atom. The van der Waals surface area contributed by atoms with Crippen molar-refractivity contribution in [3.63, 3.8) is 0 Å². The van der Waals surface area contributed by atoms with Crippen LogP contribution in [0.2, 0.25) is 0 Å². The van der Waals surface area contributed by atoms with Gasteiger partial charge < -0.3 is 5.32 Å². The monoisotopic (exact) mass is 245 g/mol. The average molecular weight is 245 g/mol. The molecule has 5 nitrogen and oxygen atoms in total. The van der Waals surface area contributed by atoms with Gasteiger partial charge in [-0.15, -0.1) is 0 Å². The molecular formula is C13H19N5. The first-order valence-corrected chi connectivity index (χ1v) is 6.35. The van der Waals surface area contributed by atoms with Gasteiger partial charge in [0.1, 0.15) is 0 Å². The molecule has 0 aliphatic heterocycles. The molecule has 1 aromatic carbocycles. The number of hydrogen-bond acceptors (Lipinski definition) is 4. The molecule has 0 aliphatic rings. The number of nitrogens with zero attached hydrogens (tertiary/aromatic N) is 4. The minimum atomic E-state index is 0.741. The zero-order valence-electron chi connectivity index (χ0n) is 10.9. The van der Waals surface area contributed by atoms with Crippen LogP contribution in [0.15, 0.2) is 24.3 Å². The van der Waals surface area contributed by atoms with E-state index >= 15 is 0 Å². The van der Waals surface area contributed by atoms with Crippen LogP contribution in [-0.4, -0.2) is 20.2 Å².